The summed E-state index contributed by atoms with van der Waals surface area (Å²) < 4.78 is 1.77. The first kappa shape index (κ1) is 24.6. The predicted octanol–water partition coefficient (Wildman–Crippen LogP) is -1.30. The van der Waals surface area contributed by atoms with E-state index in [9.17, 15) is 19.5 Å². The van der Waals surface area contributed by atoms with Gasteiger partial charge in [0.25, 0.3) is 0 Å². The van der Waals surface area contributed by atoms with Crippen molar-refractivity contribution in [3.05, 3.63) is 22.5 Å². The molecule has 0 radical (unpaired) electrons. The van der Waals surface area contributed by atoms with E-state index in [0.29, 0.717) is 13.1 Å². The van der Waals surface area contributed by atoms with Gasteiger partial charge < -0.3 is 31.7 Å². The van der Waals surface area contributed by atoms with Gasteiger partial charge in [-0.2, -0.15) is 0 Å². The van der Waals surface area contributed by atoms with Crippen molar-refractivity contribution < 1.29 is 19.5 Å². The lowest BCUT2D eigenvalue weighted by Gasteiger charge is -2.47. The van der Waals surface area contributed by atoms with Crippen LogP contribution >= 0.6 is 11.8 Å². The number of carboxylic acid groups (broad SMARTS) is 1. The third kappa shape index (κ3) is 4.57. The lowest BCUT2D eigenvalue weighted by atomic mass is 9.78. The Bertz CT molecular complexity index is 997. The zero-order chi connectivity index (χ0) is 24.6. The van der Waals surface area contributed by atoms with E-state index in [1.165, 1.54) is 4.90 Å². The molecule has 1 unspecified atom stereocenters. The Kier molecular flexibility index (Phi) is 7.26. The minimum absolute atomic E-state index is 0.0878. The molecule has 34 heavy (non-hydrogen) atoms. The average Bonchev–Trinajstić information content (AvgIpc) is 3.47. The molecule has 4 heterocycles. The molecular weight excluding hydrogens is 460 g/mol. The summed E-state index contributed by atoms with van der Waals surface area (Å²) in [6, 6.07) is -0.458. The van der Waals surface area contributed by atoms with E-state index in [1.807, 2.05) is 13.1 Å². The number of β-lactam (4-membered cyclic amide) rings is 1. The highest BCUT2D eigenvalue weighted by Crippen LogP contribution is 2.51. The van der Waals surface area contributed by atoms with Crippen molar-refractivity contribution in [3.8, 4) is 0 Å². The zero-order valence-corrected chi connectivity index (χ0v) is 20.3. The van der Waals surface area contributed by atoms with Gasteiger partial charge in [-0.1, -0.05) is 12.1 Å². The molecule has 186 valence electrons. The number of rotatable bonds is 10. The molecular formula is C21H32N8O4S. The van der Waals surface area contributed by atoms with E-state index in [-0.39, 0.29) is 53.3 Å². The number of nitrogens with two attached hydrogens (primary N) is 1. The number of fused-ring (bicyclic) bond motifs is 1. The second-order valence-corrected chi connectivity index (χ2v) is 10.5. The van der Waals surface area contributed by atoms with Crippen molar-refractivity contribution in [3.63, 3.8) is 0 Å². The summed E-state index contributed by atoms with van der Waals surface area (Å²) in [5, 5.41) is 27.4. The first-order valence-electron chi connectivity index (χ1n) is 11.5. The van der Waals surface area contributed by atoms with Crippen molar-refractivity contribution in [1.29, 1.82) is 0 Å². The maximum absolute atomic E-state index is 13.0. The van der Waals surface area contributed by atoms with E-state index < -0.39 is 11.9 Å². The van der Waals surface area contributed by atoms with Gasteiger partial charge >= 0.3 is 5.97 Å². The SMILES string of the molecule is CNCC(=O)NC(C)[C@H]1C(=O)N2C(C(=O)O)=C(S[C@@H]3CN[C@H](Cn4cc(CN)nn4)C3)[C@H](C)[C@H]12. The second-order valence-electron chi connectivity index (χ2n) is 9.13. The zero-order valence-electron chi connectivity index (χ0n) is 19.5. The van der Waals surface area contributed by atoms with Crippen LogP contribution in [-0.2, 0) is 27.5 Å². The molecule has 0 saturated carbocycles. The topological polar surface area (TPSA) is 168 Å². The van der Waals surface area contributed by atoms with E-state index >= 15 is 0 Å². The molecule has 1 aromatic heterocycles. The normalized spacial score (nSPS) is 29.2. The maximum Gasteiger partial charge on any atom is 0.353 e. The molecule has 3 aliphatic rings. The third-order valence-corrected chi connectivity index (χ3v) is 8.25. The summed E-state index contributed by atoms with van der Waals surface area (Å²) >= 11 is 1.55. The van der Waals surface area contributed by atoms with Gasteiger partial charge in [-0.25, -0.2) is 4.79 Å². The Morgan fingerprint density at radius 2 is 2.21 bits per heavy atom. The summed E-state index contributed by atoms with van der Waals surface area (Å²) in [5.41, 5.74) is 6.42. The van der Waals surface area contributed by atoms with Crippen LogP contribution in [-0.4, -0.2) is 86.3 Å². The molecule has 0 aromatic carbocycles. The summed E-state index contributed by atoms with van der Waals surface area (Å²) in [7, 11) is 1.68. The second kappa shape index (κ2) is 10.0. The molecule has 4 rings (SSSR count). The molecule has 6 N–H and O–H groups in total. The Balaban J connectivity index is 1.42. The summed E-state index contributed by atoms with van der Waals surface area (Å²) in [5.74, 6) is -2.09. The van der Waals surface area contributed by atoms with Crippen LogP contribution in [0.2, 0.25) is 0 Å². The van der Waals surface area contributed by atoms with Gasteiger partial charge in [-0.15, -0.1) is 16.9 Å². The summed E-state index contributed by atoms with van der Waals surface area (Å²) in [4.78, 5) is 39.3. The highest BCUT2D eigenvalue weighted by molar-refractivity contribution is 8.03. The van der Waals surface area contributed by atoms with Crippen LogP contribution in [0.1, 0.15) is 26.0 Å². The molecule has 3 aliphatic heterocycles. The number of thioether (sulfide) groups is 1. The van der Waals surface area contributed by atoms with Crippen molar-refractivity contribution in [2.75, 3.05) is 20.1 Å². The van der Waals surface area contributed by atoms with Crippen LogP contribution in [0.4, 0.5) is 0 Å². The molecule has 2 fully saturated rings. The fraction of sp³-hybridized carbons (Fsp3) is 0.667. The van der Waals surface area contributed by atoms with Gasteiger partial charge in [0.1, 0.15) is 5.70 Å². The molecule has 0 bridgehead atoms. The number of carboxylic acids is 1. The number of hydrogen-bond donors (Lipinski definition) is 5. The molecule has 6 atom stereocenters. The highest BCUT2D eigenvalue weighted by atomic mass is 32.2. The van der Waals surface area contributed by atoms with Gasteiger partial charge in [0.2, 0.25) is 11.8 Å². The van der Waals surface area contributed by atoms with Crippen molar-refractivity contribution in [2.24, 2.45) is 17.6 Å². The maximum atomic E-state index is 13.0. The van der Waals surface area contributed by atoms with Crippen LogP contribution in [0.3, 0.4) is 0 Å². The van der Waals surface area contributed by atoms with Crippen LogP contribution in [0.25, 0.3) is 0 Å². The van der Waals surface area contributed by atoms with Gasteiger partial charge in [0, 0.05) is 47.4 Å². The van der Waals surface area contributed by atoms with Gasteiger partial charge in [0.15, 0.2) is 0 Å². The molecule has 13 heteroatoms. The first-order chi connectivity index (χ1) is 16.2. The molecule has 0 aliphatic carbocycles. The Hall–Kier alpha value is -2.48. The third-order valence-electron chi connectivity index (χ3n) is 6.73. The van der Waals surface area contributed by atoms with Crippen molar-refractivity contribution >= 4 is 29.5 Å². The van der Waals surface area contributed by atoms with Crippen LogP contribution in [0.15, 0.2) is 16.8 Å². The predicted molar refractivity (Wildman–Crippen MR) is 125 cm³/mol. The number of nitrogens with zero attached hydrogens (tertiary/aromatic N) is 4. The van der Waals surface area contributed by atoms with Crippen LogP contribution < -0.4 is 21.7 Å². The molecule has 1 aromatic rings. The fourth-order valence-electron chi connectivity index (χ4n) is 5.19. The first-order valence-corrected chi connectivity index (χ1v) is 12.4. The quantitative estimate of drug-likeness (QED) is 0.248. The standard InChI is InChI=1S/C21H32N8O4S/c1-10-17-16(11(2)25-15(30)7-23-3)20(31)29(17)18(21(32)33)19(10)34-14-4-12(24-6-14)8-28-9-13(5-22)26-27-28/h9-12,14,16-17,23-24H,4-8,22H2,1-3H3,(H,25,30)(H,32,33)/t10-,11?,12+,14+,16-,17-/m1/s1. The van der Waals surface area contributed by atoms with E-state index in [1.54, 1.807) is 30.4 Å². The Morgan fingerprint density at radius 3 is 2.85 bits per heavy atom. The summed E-state index contributed by atoms with van der Waals surface area (Å²) in [6.45, 7) is 5.67. The van der Waals surface area contributed by atoms with Crippen LogP contribution in [0.5, 0.6) is 0 Å². The molecule has 2 amide bonds. The minimum atomic E-state index is -1.09. The molecule has 0 spiro atoms. The minimum Gasteiger partial charge on any atom is -0.477 e. The molecule has 2 saturated heterocycles. The van der Waals surface area contributed by atoms with E-state index in [4.69, 9.17) is 5.73 Å². The lowest BCUT2D eigenvalue weighted by Crippen LogP contribution is -2.66. The van der Waals surface area contributed by atoms with E-state index in [2.05, 4.69) is 26.3 Å². The molecule has 12 nitrogen and oxygen atoms in total. The Labute approximate surface area is 202 Å². The number of carbonyl (C=O) groups excluding carboxylic acids is 2. The van der Waals surface area contributed by atoms with Crippen LogP contribution in [0, 0.1) is 11.8 Å². The monoisotopic (exact) mass is 492 g/mol. The number of amides is 2. The number of aromatic nitrogens is 3. The average molecular weight is 493 g/mol. The highest BCUT2D eigenvalue weighted by Gasteiger charge is 2.60. The number of likely N-dealkylation sites (N-methyl/N-ethyl adjacent to an activating group) is 1. The number of hydrogen-bond acceptors (Lipinski definition) is 9. The van der Waals surface area contributed by atoms with Gasteiger partial charge in [-0.3, -0.25) is 14.3 Å². The van der Waals surface area contributed by atoms with Gasteiger partial charge in [0.05, 0.1) is 30.7 Å². The number of nitrogens with one attached hydrogen (secondary N) is 3. The van der Waals surface area contributed by atoms with Gasteiger partial charge in [-0.05, 0) is 20.4 Å². The van der Waals surface area contributed by atoms with E-state index in [0.717, 1.165) is 23.6 Å². The Morgan fingerprint density at radius 1 is 1.44 bits per heavy atom. The number of aliphatic carboxylic acids is 1. The smallest absolute Gasteiger partial charge is 0.353 e. The lowest BCUT2D eigenvalue weighted by molar-refractivity contribution is -0.158. The largest absolute Gasteiger partial charge is 0.477 e. The van der Waals surface area contributed by atoms with Crippen molar-refractivity contribution in [1.82, 2.24) is 35.8 Å². The number of carbonyl (C=O) groups is 3. The summed E-state index contributed by atoms with van der Waals surface area (Å²) in [6.07, 6.45) is 2.67. The fourth-order valence-corrected chi connectivity index (χ4v) is 6.71. The van der Waals surface area contributed by atoms with Crippen molar-refractivity contribution in [2.45, 2.75) is 56.7 Å².